The fraction of sp³-hybridized carbons (Fsp3) is 0.600. The molecule has 1 heterocycles. The maximum Gasteiger partial charge on any atom is 0.416 e. The molecule has 1 N–H and O–H groups in total. The minimum atomic E-state index is -4.54. The van der Waals surface area contributed by atoms with E-state index in [1.807, 2.05) is 0 Å². The summed E-state index contributed by atoms with van der Waals surface area (Å²) >= 11 is 0. The van der Waals surface area contributed by atoms with Gasteiger partial charge < -0.3 is 10.1 Å². The Labute approximate surface area is 161 Å². The van der Waals surface area contributed by atoms with Gasteiger partial charge in [0, 0.05) is 11.6 Å². The molecule has 1 spiro atoms. The van der Waals surface area contributed by atoms with Crippen LogP contribution in [-0.4, -0.2) is 41.1 Å². The Morgan fingerprint density at radius 1 is 1.14 bits per heavy atom. The molecule has 5 nitrogen and oxygen atoms in total. The number of alkyl halides is 3. The molecule has 1 aliphatic heterocycles. The summed E-state index contributed by atoms with van der Waals surface area (Å²) in [5, 5.41) is 2.90. The van der Waals surface area contributed by atoms with Crippen LogP contribution in [0.2, 0.25) is 0 Å². The van der Waals surface area contributed by atoms with E-state index in [1.165, 1.54) is 17.0 Å². The SMILES string of the molecule is O=C(NC1CC1)[C@H]1COC2(CCCCC2)N1C(=O)c1cccc(C(F)(F)F)c1. The predicted molar refractivity (Wildman–Crippen MR) is 94.3 cm³/mol. The first kappa shape index (κ1) is 19.2. The van der Waals surface area contributed by atoms with Crippen molar-refractivity contribution < 1.29 is 27.5 Å². The second kappa shape index (κ2) is 7.06. The van der Waals surface area contributed by atoms with Crippen molar-refractivity contribution in [3.05, 3.63) is 35.4 Å². The first-order chi connectivity index (χ1) is 13.3. The fourth-order valence-electron chi connectivity index (χ4n) is 4.16. The molecule has 0 aromatic heterocycles. The van der Waals surface area contributed by atoms with Crippen molar-refractivity contribution in [2.24, 2.45) is 0 Å². The molecule has 152 valence electrons. The van der Waals surface area contributed by atoms with Crippen LogP contribution in [-0.2, 0) is 15.7 Å². The quantitative estimate of drug-likeness (QED) is 0.851. The topological polar surface area (TPSA) is 58.6 Å². The van der Waals surface area contributed by atoms with E-state index in [2.05, 4.69) is 5.32 Å². The number of hydrogen-bond acceptors (Lipinski definition) is 3. The van der Waals surface area contributed by atoms with Gasteiger partial charge in [-0.15, -0.1) is 0 Å². The van der Waals surface area contributed by atoms with E-state index >= 15 is 0 Å². The Bertz CT molecular complexity index is 770. The highest BCUT2D eigenvalue weighted by molar-refractivity contribution is 5.98. The van der Waals surface area contributed by atoms with E-state index in [-0.39, 0.29) is 24.1 Å². The van der Waals surface area contributed by atoms with Crippen molar-refractivity contribution in [3.63, 3.8) is 0 Å². The Morgan fingerprint density at radius 2 is 1.86 bits per heavy atom. The van der Waals surface area contributed by atoms with Gasteiger partial charge in [-0.3, -0.25) is 14.5 Å². The summed E-state index contributed by atoms with van der Waals surface area (Å²) in [6.07, 6.45) is 1.17. The van der Waals surface area contributed by atoms with Gasteiger partial charge >= 0.3 is 6.18 Å². The number of carbonyl (C=O) groups is 2. The van der Waals surface area contributed by atoms with Crippen LogP contribution >= 0.6 is 0 Å². The molecule has 8 heteroatoms. The number of nitrogens with zero attached hydrogens (tertiary/aromatic N) is 1. The molecule has 0 bridgehead atoms. The van der Waals surface area contributed by atoms with Crippen LogP contribution in [0.15, 0.2) is 24.3 Å². The number of hydrogen-bond donors (Lipinski definition) is 1. The van der Waals surface area contributed by atoms with Gasteiger partial charge in [0.25, 0.3) is 5.91 Å². The Morgan fingerprint density at radius 3 is 2.50 bits per heavy atom. The molecule has 0 unspecified atom stereocenters. The lowest BCUT2D eigenvalue weighted by molar-refractivity contribution is -0.137. The van der Waals surface area contributed by atoms with Crippen LogP contribution in [0.3, 0.4) is 0 Å². The summed E-state index contributed by atoms with van der Waals surface area (Å²) in [6.45, 7) is 0.0727. The van der Waals surface area contributed by atoms with Gasteiger partial charge in [0.2, 0.25) is 5.91 Å². The lowest BCUT2D eigenvalue weighted by Gasteiger charge is -2.41. The van der Waals surface area contributed by atoms with E-state index in [0.29, 0.717) is 12.8 Å². The van der Waals surface area contributed by atoms with Crippen LogP contribution in [0.25, 0.3) is 0 Å². The highest BCUT2D eigenvalue weighted by atomic mass is 19.4. The molecular weight excluding hydrogens is 373 g/mol. The maximum absolute atomic E-state index is 13.3. The van der Waals surface area contributed by atoms with E-state index in [0.717, 1.165) is 44.2 Å². The molecule has 28 heavy (non-hydrogen) atoms. The van der Waals surface area contributed by atoms with Crippen molar-refractivity contribution in [2.45, 2.75) is 68.9 Å². The van der Waals surface area contributed by atoms with Crippen LogP contribution in [0, 0.1) is 0 Å². The number of rotatable bonds is 3. The van der Waals surface area contributed by atoms with Crippen molar-refractivity contribution >= 4 is 11.8 Å². The summed E-state index contributed by atoms with van der Waals surface area (Å²) in [6, 6.07) is 3.68. The Hall–Kier alpha value is -2.09. The fourth-order valence-corrected chi connectivity index (χ4v) is 4.16. The van der Waals surface area contributed by atoms with Crippen molar-refractivity contribution in [3.8, 4) is 0 Å². The third-order valence-corrected chi connectivity index (χ3v) is 5.78. The zero-order valence-electron chi connectivity index (χ0n) is 15.4. The predicted octanol–water partition coefficient (Wildman–Crippen LogP) is 3.49. The third kappa shape index (κ3) is 3.62. The second-order valence-corrected chi connectivity index (χ2v) is 7.87. The molecule has 2 aliphatic carbocycles. The first-order valence-corrected chi connectivity index (χ1v) is 9.75. The molecule has 3 fully saturated rings. The smallest absolute Gasteiger partial charge is 0.353 e. The first-order valence-electron chi connectivity index (χ1n) is 9.75. The molecule has 0 radical (unpaired) electrons. The van der Waals surface area contributed by atoms with Gasteiger partial charge in [0.05, 0.1) is 12.2 Å². The van der Waals surface area contributed by atoms with Gasteiger partial charge in [0.15, 0.2) is 0 Å². The lowest BCUT2D eigenvalue weighted by Crippen LogP contribution is -2.56. The number of nitrogens with one attached hydrogen (secondary N) is 1. The maximum atomic E-state index is 13.3. The molecule has 4 rings (SSSR count). The molecule has 2 saturated carbocycles. The Kier molecular flexibility index (Phi) is 4.85. The average Bonchev–Trinajstić information content (AvgIpc) is 3.41. The van der Waals surface area contributed by atoms with Crippen molar-refractivity contribution in [2.75, 3.05) is 6.61 Å². The monoisotopic (exact) mass is 396 g/mol. The minimum absolute atomic E-state index is 0.0727. The van der Waals surface area contributed by atoms with Gasteiger partial charge in [-0.1, -0.05) is 12.5 Å². The molecule has 1 aromatic carbocycles. The lowest BCUT2D eigenvalue weighted by atomic mass is 9.89. The summed E-state index contributed by atoms with van der Waals surface area (Å²) in [5.41, 5.74) is -1.86. The number of amides is 2. The number of carbonyl (C=O) groups excluding carboxylic acids is 2. The minimum Gasteiger partial charge on any atom is -0.353 e. The average molecular weight is 396 g/mol. The van der Waals surface area contributed by atoms with Crippen molar-refractivity contribution in [1.29, 1.82) is 0 Å². The van der Waals surface area contributed by atoms with Crippen LogP contribution < -0.4 is 5.32 Å². The van der Waals surface area contributed by atoms with E-state index in [4.69, 9.17) is 4.74 Å². The molecule has 3 aliphatic rings. The largest absolute Gasteiger partial charge is 0.416 e. The Balaban J connectivity index is 1.66. The summed E-state index contributed by atoms with van der Waals surface area (Å²) < 4.78 is 45.3. The number of benzene rings is 1. The zero-order valence-corrected chi connectivity index (χ0v) is 15.4. The highest BCUT2D eigenvalue weighted by Crippen LogP contribution is 2.42. The van der Waals surface area contributed by atoms with E-state index in [9.17, 15) is 22.8 Å². The second-order valence-electron chi connectivity index (χ2n) is 7.87. The van der Waals surface area contributed by atoms with E-state index in [1.54, 1.807) is 0 Å². The van der Waals surface area contributed by atoms with Gasteiger partial charge in [0.1, 0.15) is 11.8 Å². The van der Waals surface area contributed by atoms with Crippen LogP contribution in [0.5, 0.6) is 0 Å². The van der Waals surface area contributed by atoms with Crippen molar-refractivity contribution in [1.82, 2.24) is 10.2 Å². The zero-order chi connectivity index (χ0) is 19.9. The third-order valence-electron chi connectivity index (χ3n) is 5.78. The molecule has 1 atom stereocenters. The molecule has 1 aromatic rings. The van der Waals surface area contributed by atoms with E-state index < -0.39 is 29.4 Å². The van der Waals surface area contributed by atoms with Gasteiger partial charge in [-0.25, -0.2) is 0 Å². The molecular formula is C20H23F3N2O3. The summed E-state index contributed by atoms with van der Waals surface area (Å²) in [7, 11) is 0. The van der Waals surface area contributed by atoms with Crippen LogP contribution in [0.1, 0.15) is 60.9 Å². The van der Waals surface area contributed by atoms with Gasteiger partial charge in [-0.05, 0) is 56.7 Å². The highest BCUT2D eigenvalue weighted by Gasteiger charge is 2.53. The number of ether oxygens (including phenoxy) is 1. The standard InChI is InChI=1S/C20H23F3N2O3/c21-20(22,23)14-6-4-5-13(11-14)18(27)25-16(17(26)24-15-7-8-15)12-28-19(25)9-2-1-3-10-19/h4-6,11,15-16H,1-3,7-10,12H2,(H,24,26)/t16-/m1/s1. The van der Waals surface area contributed by atoms with Crippen LogP contribution in [0.4, 0.5) is 13.2 Å². The normalized spacial score (nSPS) is 24.4. The summed E-state index contributed by atoms with van der Waals surface area (Å²) in [4.78, 5) is 27.5. The summed E-state index contributed by atoms with van der Waals surface area (Å²) in [5.74, 6) is -0.869. The molecule has 1 saturated heterocycles. The molecule has 2 amide bonds. The number of halogens is 3. The van der Waals surface area contributed by atoms with Gasteiger partial charge in [-0.2, -0.15) is 13.2 Å².